The van der Waals surface area contributed by atoms with Crippen molar-refractivity contribution in [2.24, 2.45) is 5.92 Å². The quantitative estimate of drug-likeness (QED) is 0.648. The number of carbonyl (C=O) groups is 2. The standard InChI is InChI=1S/C24H32F2N4O4/c1-17(2)11-21(34-23(32)30-7-9-33-10-8-30)22(31)28-24(16-27)3-5-29(6-4-24)15-18-12-19(25)14-20(26)13-18/h12-14,17,21H,3-11,15H2,1-2H3,(H,28,31). The molecule has 2 aliphatic rings. The Hall–Kier alpha value is -2.77. The molecule has 0 bridgehead atoms. The van der Waals surface area contributed by atoms with E-state index in [1.807, 2.05) is 18.7 Å². The van der Waals surface area contributed by atoms with Crippen LogP contribution < -0.4 is 5.32 Å². The van der Waals surface area contributed by atoms with E-state index in [4.69, 9.17) is 9.47 Å². The fourth-order valence-corrected chi connectivity index (χ4v) is 4.21. The zero-order valence-corrected chi connectivity index (χ0v) is 19.7. The summed E-state index contributed by atoms with van der Waals surface area (Å²) in [5.41, 5.74) is -0.584. The molecule has 1 atom stereocenters. The number of piperidine rings is 1. The second kappa shape index (κ2) is 11.6. The van der Waals surface area contributed by atoms with Crippen LogP contribution in [0.3, 0.4) is 0 Å². The van der Waals surface area contributed by atoms with Gasteiger partial charge in [0.15, 0.2) is 6.10 Å². The van der Waals surface area contributed by atoms with Crippen LogP contribution in [0.15, 0.2) is 18.2 Å². The number of amides is 2. The van der Waals surface area contributed by atoms with E-state index < -0.39 is 35.3 Å². The fourth-order valence-electron chi connectivity index (χ4n) is 4.21. The zero-order chi connectivity index (χ0) is 24.7. The van der Waals surface area contributed by atoms with Crippen LogP contribution >= 0.6 is 0 Å². The van der Waals surface area contributed by atoms with Gasteiger partial charge in [-0.05, 0) is 42.9 Å². The number of ether oxygens (including phenoxy) is 2. The first-order valence-electron chi connectivity index (χ1n) is 11.6. The molecule has 186 valence electrons. The third-order valence-electron chi connectivity index (χ3n) is 6.10. The third-order valence-corrected chi connectivity index (χ3v) is 6.10. The molecule has 0 radical (unpaired) electrons. The molecule has 10 heteroatoms. The highest BCUT2D eigenvalue weighted by Gasteiger charge is 2.39. The third kappa shape index (κ3) is 7.11. The summed E-state index contributed by atoms with van der Waals surface area (Å²) in [6.45, 7) is 6.79. The molecule has 1 unspecified atom stereocenters. The highest BCUT2D eigenvalue weighted by Crippen LogP contribution is 2.24. The molecule has 1 aromatic carbocycles. The van der Waals surface area contributed by atoms with Gasteiger partial charge in [0.05, 0.1) is 19.3 Å². The van der Waals surface area contributed by atoms with Crippen LogP contribution in [0.2, 0.25) is 0 Å². The van der Waals surface area contributed by atoms with Crippen molar-refractivity contribution < 1.29 is 27.8 Å². The van der Waals surface area contributed by atoms with Gasteiger partial charge in [-0.3, -0.25) is 9.69 Å². The minimum absolute atomic E-state index is 0.0970. The number of benzene rings is 1. The zero-order valence-electron chi connectivity index (χ0n) is 19.7. The first-order valence-corrected chi connectivity index (χ1v) is 11.6. The van der Waals surface area contributed by atoms with Crippen molar-refractivity contribution in [1.82, 2.24) is 15.1 Å². The number of nitrogens with one attached hydrogen (secondary N) is 1. The molecule has 0 spiro atoms. The minimum Gasteiger partial charge on any atom is -0.436 e. The Labute approximate surface area is 198 Å². The largest absolute Gasteiger partial charge is 0.436 e. The number of nitriles is 1. The first-order chi connectivity index (χ1) is 16.2. The molecule has 2 fully saturated rings. The Morgan fingerprint density at radius 1 is 1.15 bits per heavy atom. The summed E-state index contributed by atoms with van der Waals surface area (Å²) in [7, 11) is 0. The van der Waals surface area contributed by atoms with Crippen LogP contribution in [0.25, 0.3) is 0 Å². The highest BCUT2D eigenvalue weighted by molar-refractivity contribution is 5.84. The molecule has 2 heterocycles. The number of morpholine rings is 1. The average molecular weight is 479 g/mol. The van der Waals surface area contributed by atoms with E-state index in [2.05, 4.69) is 11.4 Å². The van der Waals surface area contributed by atoms with Gasteiger partial charge in [0.25, 0.3) is 5.91 Å². The molecular weight excluding hydrogens is 446 g/mol. The smallest absolute Gasteiger partial charge is 0.410 e. The van der Waals surface area contributed by atoms with Gasteiger partial charge in [-0.15, -0.1) is 0 Å². The number of likely N-dealkylation sites (tertiary alicyclic amines) is 1. The molecule has 0 saturated carbocycles. The van der Waals surface area contributed by atoms with Crippen molar-refractivity contribution in [2.45, 2.75) is 51.3 Å². The van der Waals surface area contributed by atoms with Crippen molar-refractivity contribution in [2.75, 3.05) is 39.4 Å². The number of nitrogens with zero attached hydrogens (tertiary/aromatic N) is 3. The Balaban J connectivity index is 1.59. The van der Waals surface area contributed by atoms with Crippen molar-refractivity contribution in [3.8, 4) is 6.07 Å². The fraction of sp³-hybridized carbons (Fsp3) is 0.625. The Bertz CT molecular complexity index is 886. The summed E-state index contributed by atoms with van der Waals surface area (Å²) in [6, 6.07) is 5.63. The molecule has 0 aliphatic carbocycles. The van der Waals surface area contributed by atoms with E-state index in [1.165, 1.54) is 17.0 Å². The SMILES string of the molecule is CC(C)CC(OC(=O)N1CCOCC1)C(=O)NC1(C#N)CCN(Cc2cc(F)cc(F)c2)CC1. The predicted molar refractivity (Wildman–Crippen MR) is 119 cm³/mol. The van der Waals surface area contributed by atoms with E-state index >= 15 is 0 Å². The molecule has 3 rings (SSSR count). The van der Waals surface area contributed by atoms with E-state index in [0.717, 1.165) is 6.07 Å². The van der Waals surface area contributed by atoms with Crippen LogP contribution in [-0.2, 0) is 20.8 Å². The van der Waals surface area contributed by atoms with Gasteiger partial charge in [-0.25, -0.2) is 13.6 Å². The lowest BCUT2D eigenvalue weighted by atomic mass is 9.88. The van der Waals surface area contributed by atoms with Crippen LogP contribution in [0.5, 0.6) is 0 Å². The molecule has 8 nitrogen and oxygen atoms in total. The number of rotatable bonds is 7. The van der Waals surface area contributed by atoms with Gasteiger partial charge in [-0.1, -0.05) is 13.8 Å². The van der Waals surface area contributed by atoms with Gasteiger partial charge < -0.3 is 19.7 Å². The first kappa shape index (κ1) is 25.8. The Morgan fingerprint density at radius 2 is 1.76 bits per heavy atom. The lowest BCUT2D eigenvalue weighted by Gasteiger charge is -2.38. The van der Waals surface area contributed by atoms with E-state index in [-0.39, 0.29) is 5.92 Å². The summed E-state index contributed by atoms with van der Waals surface area (Å²) in [4.78, 5) is 29.1. The van der Waals surface area contributed by atoms with Crippen LogP contribution in [-0.4, -0.2) is 72.8 Å². The molecule has 2 amide bonds. The van der Waals surface area contributed by atoms with Crippen molar-refractivity contribution in [3.05, 3.63) is 35.4 Å². The normalized spacial score (nSPS) is 19.4. The molecule has 2 saturated heterocycles. The summed E-state index contributed by atoms with van der Waals surface area (Å²) < 4.78 is 37.8. The number of hydrogen-bond donors (Lipinski definition) is 1. The van der Waals surface area contributed by atoms with Crippen molar-refractivity contribution in [1.29, 1.82) is 5.26 Å². The predicted octanol–water partition coefficient (Wildman–Crippen LogP) is 2.82. The van der Waals surface area contributed by atoms with Crippen LogP contribution in [0.4, 0.5) is 13.6 Å². The van der Waals surface area contributed by atoms with E-state index in [1.54, 1.807) is 0 Å². The minimum atomic E-state index is -1.10. The highest BCUT2D eigenvalue weighted by atomic mass is 19.1. The Morgan fingerprint density at radius 3 is 2.32 bits per heavy atom. The summed E-state index contributed by atoms with van der Waals surface area (Å²) in [5, 5.41) is 12.7. The molecule has 2 aliphatic heterocycles. The molecule has 1 N–H and O–H groups in total. The topological polar surface area (TPSA) is 94.9 Å². The van der Waals surface area contributed by atoms with Gasteiger partial charge in [-0.2, -0.15) is 5.26 Å². The van der Waals surface area contributed by atoms with E-state index in [0.29, 0.717) is 70.8 Å². The summed E-state index contributed by atoms with van der Waals surface area (Å²) in [5.74, 6) is -1.65. The second-order valence-corrected chi connectivity index (χ2v) is 9.34. The number of carbonyl (C=O) groups excluding carboxylic acids is 2. The monoisotopic (exact) mass is 478 g/mol. The number of halogens is 2. The van der Waals surface area contributed by atoms with Gasteiger partial charge in [0.1, 0.15) is 17.2 Å². The van der Waals surface area contributed by atoms with Crippen LogP contribution in [0.1, 0.15) is 38.7 Å². The second-order valence-electron chi connectivity index (χ2n) is 9.34. The summed E-state index contributed by atoms with van der Waals surface area (Å²) in [6.07, 6.45) is -0.542. The average Bonchev–Trinajstić information content (AvgIpc) is 2.79. The van der Waals surface area contributed by atoms with Crippen molar-refractivity contribution >= 4 is 12.0 Å². The van der Waals surface area contributed by atoms with Gasteiger partial charge in [0, 0.05) is 38.8 Å². The molecule has 34 heavy (non-hydrogen) atoms. The maximum atomic E-state index is 13.5. The summed E-state index contributed by atoms with van der Waals surface area (Å²) >= 11 is 0. The Kier molecular flexibility index (Phi) is 8.80. The lowest BCUT2D eigenvalue weighted by Crippen LogP contribution is -2.57. The van der Waals surface area contributed by atoms with Gasteiger partial charge in [0.2, 0.25) is 0 Å². The van der Waals surface area contributed by atoms with Crippen LogP contribution in [0, 0.1) is 28.9 Å². The van der Waals surface area contributed by atoms with E-state index in [9.17, 15) is 23.6 Å². The molecule has 1 aromatic rings. The number of hydrogen-bond acceptors (Lipinski definition) is 6. The molecule has 0 aromatic heterocycles. The molecular formula is C24H32F2N4O4. The van der Waals surface area contributed by atoms with Gasteiger partial charge >= 0.3 is 6.09 Å². The van der Waals surface area contributed by atoms with Crippen molar-refractivity contribution in [3.63, 3.8) is 0 Å². The maximum absolute atomic E-state index is 13.5. The maximum Gasteiger partial charge on any atom is 0.410 e. The lowest BCUT2D eigenvalue weighted by molar-refractivity contribution is -0.133.